The van der Waals surface area contributed by atoms with Crippen molar-refractivity contribution >= 4 is 5.91 Å². The molecule has 104 valence electrons. The number of aromatic nitrogens is 3. The summed E-state index contributed by atoms with van der Waals surface area (Å²) in [5.41, 5.74) is 0. The zero-order chi connectivity index (χ0) is 13.2. The van der Waals surface area contributed by atoms with E-state index in [1.54, 1.807) is 0 Å². The van der Waals surface area contributed by atoms with E-state index in [2.05, 4.69) is 25.4 Å². The van der Waals surface area contributed by atoms with Crippen LogP contribution in [0.5, 0.6) is 0 Å². The van der Waals surface area contributed by atoms with Crippen LogP contribution in [0.25, 0.3) is 0 Å². The van der Waals surface area contributed by atoms with Gasteiger partial charge in [0.2, 0.25) is 5.91 Å². The zero-order valence-electron chi connectivity index (χ0n) is 11.4. The minimum atomic E-state index is -0.0735. The summed E-state index contributed by atoms with van der Waals surface area (Å²) in [6, 6.07) is -0.118. The fourth-order valence-electron chi connectivity index (χ4n) is 2.95. The average Bonchev–Trinajstić information content (AvgIpc) is 3.01. The number of piperidine rings is 1. The van der Waals surface area contributed by atoms with Crippen LogP contribution >= 0.6 is 0 Å². The van der Waals surface area contributed by atoms with Gasteiger partial charge in [-0.2, -0.15) is 0 Å². The maximum Gasteiger partial charge on any atom is 0.237 e. The number of nitrogens with one attached hydrogen (secondary N) is 2. The van der Waals surface area contributed by atoms with Crippen LogP contribution in [0, 0.1) is 0 Å². The van der Waals surface area contributed by atoms with Crippen molar-refractivity contribution in [2.24, 2.45) is 0 Å². The first kappa shape index (κ1) is 12.6. The molecule has 1 saturated heterocycles. The monoisotopic (exact) mass is 263 g/mol. The molecule has 0 bridgehead atoms. The summed E-state index contributed by atoms with van der Waals surface area (Å²) in [5.74, 6) is 2.02. The van der Waals surface area contributed by atoms with Crippen LogP contribution in [0.15, 0.2) is 0 Å². The summed E-state index contributed by atoms with van der Waals surface area (Å²) >= 11 is 0. The van der Waals surface area contributed by atoms with E-state index in [1.165, 1.54) is 0 Å². The minimum absolute atomic E-state index is 0.0443. The fourth-order valence-corrected chi connectivity index (χ4v) is 2.95. The molecule has 6 nitrogen and oxygen atoms in total. The maximum absolute atomic E-state index is 12.2. The van der Waals surface area contributed by atoms with E-state index >= 15 is 0 Å². The molecule has 3 heterocycles. The van der Waals surface area contributed by atoms with Crippen LogP contribution in [0.1, 0.15) is 50.3 Å². The SMILES string of the molecule is CC(NC(=O)[C@@H]1CCCCN1)c1nnc2n1CCC2. The van der Waals surface area contributed by atoms with Crippen molar-refractivity contribution in [1.82, 2.24) is 25.4 Å². The Morgan fingerprint density at radius 1 is 1.42 bits per heavy atom. The van der Waals surface area contributed by atoms with Crippen LogP contribution in [-0.2, 0) is 17.8 Å². The average molecular weight is 263 g/mol. The minimum Gasteiger partial charge on any atom is -0.345 e. The van der Waals surface area contributed by atoms with Crippen molar-refractivity contribution in [3.05, 3.63) is 11.6 Å². The molecule has 1 fully saturated rings. The van der Waals surface area contributed by atoms with Gasteiger partial charge in [0.1, 0.15) is 5.82 Å². The molecule has 1 aromatic rings. The van der Waals surface area contributed by atoms with Gasteiger partial charge in [-0.25, -0.2) is 0 Å². The summed E-state index contributed by atoms with van der Waals surface area (Å²) in [6.45, 7) is 3.89. The molecule has 1 aromatic heterocycles. The third-order valence-electron chi connectivity index (χ3n) is 4.01. The Morgan fingerprint density at radius 3 is 3.11 bits per heavy atom. The van der Waals surface area contributed by atoms with Crippen molar-refractivity contribution in [2.45, 2.75) is 57.7 Å². The Hall–Kier alpha value is -1.43. The Bertz CT molecular complexity index is 464. The molecule has 2 atom stereocenters. The fraction of sp³-hybridized carbons (Fsp3) is 0.769. The van der Waals surface area contributed by atoms with E-state index in [-0.39, 0.29) is 18.0 Å². The van der Waals surface area contributed by atoms with Gasteiger partial charge in [0.25, 0.3) is 0 Å². The lowest BCUT2D eigenvalue weighted by atomic mass is 10.0. The normalized spacial score (nSPS) is 23.9. The highest BCUT2D eigenvalue weighted by molar-refractivity contribution is 5.82. The molecule has 0 spiro atoms. The summed E-state index contributed by atoms with van der Waals surface area (Å²) < 4.78 is 2.14. The lowest BCUT2D eigenvalue weighted by Gasteiger charge is -2.24. The van der Waals surface area contributed by atoms with Gasteiger partial charge in [0.05, 0.1) is 12.1 Å². The molecular weight excluding hydrogens is 242 g/mol. The molecule has 3 rings (SSSR count). The van der Waals surface area contributed by atoms with Crippen LogP contribution in [0.2, 0.25) is 0 Å². The second kappa shape index (κ2) is 5.28. The molecule has 0 saturated carbocycles. The van der Waals surface area contributed by atoms with E-state index in [1.807, 2.05) is 6.92 Å². The third kappa shape index (κ3) is 2.49. The van der Waals surface area contributed by atoms with Gasteiger partial charge >= 0.3 is 0 Å². The molecule has 19 heavy (non-hydrogen) atoms. The largest absolute Gasteiger partial charge is 0.345 e. The smallest absolute Gasteiger partial charge is 0.237 e. The standard InChI is InChI=1S/C13H21N5O/c1-9(12-17-16-11-6-4-8-18(11)12)15-13(19)10-5-2-3-7-14-10/h9-10,14H,2-8H2,1H3,(H,15,19)/t9?,10-/m0/s1. The Kier molecular flexibility index (Phi) is 3.50. The number of aryl methyl sites for hydroxylation is 1. The number of carbonyl (C=O) groups is 1. The van der Waals surface area contributed by atoms with Crippen LogP contribution in [-0.4, -0.2) is 33.3 Å². The van der Waals surface area contributed by atoms with Crippen molar-refractivity contribution in [1.29, 1.82) is 0 Å². The number of hydrogen-bond acceptors (Lipinski definition) is 4. The van der Waals surface area contributed by atoms with Gasteiger partial charge < -0.3 is 15.2 Å². The van der Waals surface area contributed by atoms with Gasteiger partial charge in [0.15, 0.2) is 5.82 Å². The molecule has 2 N–H and O–H groups in total. The predicted octanol–water partition coefficient (Wildman–Crippen LogP) is 0.544. The molecule has 2 aliphatic rings. The van der Waals surface area contributed by atoms with E-state index in [0.717, 1.165) is 56.8 Å². The van der Waals surface area contributed by atoms with Gasteiger partial charge in [-0.3, -0.25) is 4.79 Å². The number of amides is 1. The van der Waals surface area contributed by atoms with Crippen LogP contribution < -0.4 is 10.6 Å². The number of fused-ring (bicyclic) bond motifs is 1. The molecule has 2 aliphatic heterocycles. The topological polar surface area (TPSA) is 71.8 Å². The summed E-state index contributed by atoms with van der Waals surface area (Å²) in [7, 11) is 0. The van der Waals surface area contributed by atoms with Crippen LogP contribution in [0.3, 0.4) is 0 Å². The van der Waals surface area contributed by atoms with Gasteiger partial charge in [-0.15, -0.1) is 10.2 Å². The highest BCUT2D eigenvalue weighted by Crippen LogP contribution is 2.19. The predicted molar refractivity (Wildman–Crippen MR) is 70.5 cm³/mol. The second-order valence-corrected chi connectivity index (χ2v) is 5.46. The lowest BCUT2D eigenvalue weighted by Crippen LogP contribution is -2.47. The molecule has 0 aromatic carbocycles. The maximum atomic E-state index is 12.2. The molecule has 1 unspecified atom stereocenters. The second-order valence-electron chi connectivity index (χ2n) is 5.46. The summed E-state index contributed by atoms with van der Waals surface area (Å²) in [5, 5.41) is 14.7. The van der Waals surface area contributed by atoms with Crippen molar-refractivity contribution in [2.75, 3.05) is 6.54 Å². The summed E-state index contributed by atoms with van der Waals surface area (Å²) in [6.07, 6.45) is 5.34. The molecule has 0 aliphatic carbocycles. The van der Waals surface area contributed by atoms with Gasteiger partial charge in [-0.05, 0) is 32.7 Å². The number of hydrogen-bond donors (Lipinski definition) is 2. The Balaban J connectivity index is 1.64. The number of nitrogens with zero attached hydrogens (tertiary/aromatic N) is 3. The molecule has 0 radical (unpaired) electrons. The highest BCUT2D eigenvalue weighted by Gasteiger charge is 2.25. The molecular formula is C13H21N5O. The van der Waals surface area contributed by atoms with Crippen molar-refractivity contribution in [3.8, 4) is 0 Å². The molecule has 6 heteroatoms. The Labute approximate surface area is 113 Å². The van der Waals surface area contributed by atoms with E-state index in [4.69, 9.17) is 0 Å². The van der Waals surface area contributed by atoms with Crippen molar-refractivity contribution in [3.63, 3.8) is 0 Å². The van der Waals surface area contributed by atoms with Gasteiger partial charge in [0, 0.05) is 13.0 Å². The zero-order valence-corrected chi connectivity index (χ0v) is 11.4. The van der Waals surface area contributed by atoms with E-state index < -0.39 is 0 Å². The number of rotatable bonds is 3. The van der Waals surface area contributed by atoms with Crippen molar-refractivity contribution < 1.29 is 4.79 Å². The highest BCUT2D eigenvalue weighted by atomic mass is 16.2. The quantitative estimate of drug-likeness (QED) is 0.835. The van der Waals surface area contributed by atoms with Crippen LogP contribution in [0.4, 0.5) is 0 Å². The lowest BCUT2D eigenvalue weighted by molar-refractivity contribution is -0.124. The first-order chi connectivity index (χ1) is 9.25. The van der Waals surface area contributed by atoms with E-state index in [0.29, 0.717) is 0 Å². The van der Waals surface area contributed by atoms with Gasteiger partial charge in [-0.1, -0.05) is 6.42 Å². The van der Waals surface area contributed by atoms with E-state index in [9.17, 15) is 4.79 Å². The Morgan fingerprint density at radius 2 is 2.32 bits per heavy atom. The number of carbonyl (C=O) groups excluding carboxylic acids is 1. The third-order valence-corrected chi connectivity index (χ3v) is 4.01. The first-order valence-corrected chi connectivity index (χ1v) is 7.21. The molecule has 1 amide bonds. The summed E-state index contributed by atoms with van der Waals surface area (Å²) in [4.78, 5) is 12.2. The first-order valence-electron chi connectivity index (χ1n) is 7.21.